The number of amides is 1. The lowest BCUT2D eigenvalue weighted by Crippen LogP contribution is -2.50. The van der Waals surface area contributed by atoms with E-state index in [2.05, 4.69) is 11.1 Å². The molecule has 2 aliphatic rings. The molecule has 34 heavy (non-hydrogen) atoms. The Labute approximate surface area is 201 Å². The molecule has 0 bridgehead atoms. The van der Waals surface area contributed by atoms with E-state index in [1.165, 1.54) is 0 Å². The molecule has 2 aromatic rings. The number of rotatable bonds is 6. The number of nitrogens with zero attached hydrogens (tertiary/aromatic N) is 3. The van der Waals surface area contributed by atoms with Crippen molar-refractivity contribution in [1.29, 1.82) is 5.26 Å². The van der Waals surface area contributed by atoms with Crippen LogP contribution in [0.5, 0.6) is 0 Å². The van der Waals surface area contributed by atoms with Crippen LogP contribution in [0.15, 0.2) is 65.7 Å². The van der Waals surface area contributed by atoms with Gasteiger partial charge in [0.05, 0.1) is 17.5 Å². The number of aliphatic hydroxyl groups is 1. The topological polar surface area (TPSA) is 85.9 Å². The first-order valence-electron chi connectivity index (χ1n) is 11.7. The summed E-state index contributed by atoms with van der Waals surface area (Å²) in [7, 11) is 0. The summed E-state index contributed by atoms with van der Waals surface area (Å²) in [5.41, 5.74) is 2.49. The van der Waals surface area contributed by atoms with Gasteiger partial charge in [-0.1, -0.05) is 60.7 Å². The van der Waals surface area contributed by atoms with Crippen LogP contribution in [0, 0.1) is 16.7 Å². The summed E-state index contributed by atoms with van der Waals surface area (Å²) in [6.45, 7) is 6.31. The van der Waals surface area contributed by atoms with Gasteiger partial charge >= 0.3 is 6.09 Å². The van der Waals surface area contributed by atoms with Gasteiger partial charge in [0.1, 0.15) is 11.8 Å². The summed E-state index contributed by atoms with van der Waals surface area (Å²) < 4.78 is 6.17. The maximum Gasteiger partial charge on any atom is 0.411 e. The normalized spacial score (nSPS) is 23.6. The zero-order valence-corrected chi connectivity index (χ0v) is 19.9. The maximum atomic E-state index is 13.3. The van der Waals surface area contributed by atoms with Crippen molar-refractivity contribution in [2.45, 2.75) is 57.9 Å². The fourth-order valence-corrected chi connectivity index (χ4v) is 4.78. The van der Waals surface area contributed by atoms with E-state index in [9.17, 15) is 15.2 Å². The lowest BCUT2D eigenvalue weighted by atomic mass is 9.75. The highest BCUT2D eigenvalue weighted by atomic mass is 16.6. The molecule has 2 heterocycles. The standard InChI is InChI=1S/C28H31N3O3/c1-20(21-9-11-22(12-10-21)23-13-14-25(32)30-17-23)31-16-15-28(34-26(31)33,18-27(2,3)19-29)24-7-5-4-6-8-24/h4-13,17,20,25,32H,14-16,18H2,1-3H3. The van der Waals surface area contributed by atoms with Gasteiger partial charge in [0.2, 0.25) is 0 Å². The molecule has 0 aromatic heterocycles. The number of aliphatic imine (C=N–C) groups is 1. The van der Waals surface area contributed by atoms with Crippen molar-refractivity contribution in [3.8, 4) is 6.07 Å². The quantitative estimate of drug-likeness (QED) is 0.612. The monoisotopic (exact) mass is 457 g/mol. The Hall–Kier alpha value is -3.43. The predicted octanol–water partition coefficient (Wildman–Crippen LogP) is 5.60. The summed E-state index contributed by atoms with van der Waals surface area (Å²) in [6, 6.07) is 20.0. The Balaban J connectivity index is 1.52. The summed E-state index contributed by atoms with van der Waals surface area (Å²) in [4.78, 5) is 19.1. The molecule has 3 atom stereocenters. The van der Waals surface area contributed by atoms with Crippen molar-refractivity contribution in [2.75, 3.05) is 6.54 Å². The minimum absolute atomic E-state index is 0.157. The van der Waals surface area contributed by atoms with Crippen LogP contribution in [0.4, 0.5) is 4.79 Å². The van der Waals surface area contributed by atoms with Gasteiger partial charge in [-0.3, -0.25) is 4.99 Å². The van der Waals surface area contributed by atoms with Crippen molar-refractivity contribution in [1.82, 2.24) is 4.90 Å². The number of carbonyl (C=O) groups excluding carboxylic acids is 1. The number of hydrogen-bond acceptors (Lipinski definition) is 5. The Bertz CT molecular complexity index is 1130. The van der Waals surface area contributed by atoms with E-state index >= 15 is 0 Å². The van der Waals surface area contributed by atoms with Crippen molar-refractivity contribution >= 4 is 17.9 Å². The molecule has 3 unspecified atom stereocenters. The molecule has 6 nitrogen and oxygen atoms in total. The first-order valence-corrected chi connectivity index (χ1v) is 11.7. The van der Waals surface area contributed by atoms with Gasteiger partial charge in [-0.2, -0.15) is 5.26 Å². The average molecular weight is 458 g/mol. The van der Waals surface area contributed by atoms with Crippen LogP contribution in [0.3, 0.4) is 0 Å². The van der Waals surface area contributed by atoms with E-state index < -0.39 is 17.2 Å². The van der Waals surface area contributed by atoms with Gasteiger partial charge in [0.15, 0.2) is 0 Å². The van der Waals surface area contributed by atoms with E-state index in [0.717, 1.165) is 22.3 Å². The molecule has 0 aliphatic carbocycles. The summed E-state index contributed by atoms with van der Waals surface area (Å²) in [6.07, 6.45) is 4.21. The molecule has 4 rings (SSSR count). The number of cyclic esters (lactones) is 1. The van der Waals surface area contributed by atoms with Gasteiger partial charge in [-0.05, 0) is 43.0 Å². The lowest BCUT2D eigenvalue weighted by Gasteiger charge is -2.45. The van der Waals surface area contributed by atoms with Crippen LogP contribution in [0.1, 0.15) is 62.8 Å². The maximum absolute atomic E-state index is 13.3. The third-order valence-corrected chi connectivity index (χ3v) is 6.73. The largest absolute Gasteiger partial charge is 0.438 e. The van der Waals surface area contributed by atoms with E-state index in [-0.39, 0.29) is 12.1 Å². The van der Waals surface area contributed by atoms with Crippen molar-refractivity contribution in [2.24, 2.45) is 10.4 Å². The fraction of sp³-hybridized carbons (Fsp3) is 0.393. The smallest absolute Gasteiger partial charge is 0.411 e. The molecule has 2 aliphatic heterocycles. The summed E-state index contributed by atoms with van der Waals surface area (Å²) in [5.74, 6) is 0. The number of ether oxygens (including phenoxy) is 1. The molecule has 2 aromatic carbocycles. The Morgan fingerprint density at radius 2 is 1.94 bits per heavy atom. The highest BCUT2D eigenvalue weighted by Gasteiger charge is 2.46. The Kier molecular flexibility index (Phi) is 6.58. The van der Waals surface area contributed by atoms with Crippen LogP contribution in [-0.4, -0.2) is 35.1 Å². The van der Waals surface area contributed by atoms with Gasteiger partial charge in [-0.25, -0.2) is 4.79 Å². The van der Waals surface area contributed by atoms with Gasteiger partial charge < -0.3 is 14.7 Å². The van der Waals surface area contributed by atoms with E-state index in [1.807, 2.05) is 81.4 Å². The number of nitriles is 1. The van der Waals surface area contributed by atoms with E-state index in [0.29, 0.717) is 25.8 Å². The number of benzene rings is 2. The van der Waals surface area contributed by atoms with Gasteiger partial charge in [-0.15, -0.1) is 0 Å². The van der Waals surface area contributed by atoms with Crippen LogP contribution in [0.2, 0.25) is 0 Å². The summed E-state index contributed by atoms with van der Waals surface area (Å²) >= 11 is 0. The molecule has 176 valence electrons. The molecule has 0 radical (unpaired) electrons. The SMILES string of the molecule is CC(c1ccc(C2=CCC(O)N=C2)cc1)N1CCC(CC(C)(C)C#N)(c2ccccc2)OC1=O. The van der Waals surface area contributed by atoms with Gasteiger partial charge in [0.25, 0.3) is 0 Å². The first kappa shape index (κ1) is 23.7. The first-order chi connectivity index (χ1) is 16.2. The highest BCUT2D eigenvalue weighted by molar-refractivity contribution is 6.10. The molecule has 1 fully saturated rings. The van der Waals surface area contributed by atoms with Crippen molar-refractivity contribution in [3.05, 3.63) is 77.4 Å². The van der Waals surface area contributed by atoms with Crippen LogP contribution in [-0.2, 0) is 10.3 Å². The molecule has 1 N–H and O–H groups in total. The molecule has 1 saturated heterocycles. The average Bonchev–Trinajstić information content (AvgIpc) is 2.85. The van der Waals surface area contributed by atoms with Gasteiger partial charge in [0, 0.05) is 32.0 Å². The Morgan fingerprint density at radius 1 is 1.24 bits per heavy atom. The second-order valence-electron chi connectivity index (χ2n) is 9.80. The molecule has 6 heteroatoms. The number of allylic oxidation sites excluding steroid dienone is 1. The molecule has 0 saturated carbocycles. The fourth-order valence-electron chi connectivity index (χ4n) is 4.78. The second-order valence-corrected chi connectivity index (χ2v) is 9.80. The zero-order valence-electron chi connectivity index (χ0n) is 19.9. The molecular weight excluding hydrogens is 426 g/mol. The zero-order chi connectivity index (χ0) is 24.3. The minimum Gasteiger partial charge on any atom is -0.438 e. The van der Waals surface area contributed by atoms with Crippen molar-refractivity contribution < 1.29 is 14.6 Å². The highest BCUT2D eigenvalue weighted by Crippen LogP contribution is 2.44. The number of carbonyl (C=O) groups is 1. The molecule has 1 amide bonds. The van der Waals surface area contributed by atoms with E-state index in [1.54, 1.807) is 11.1 Å². The number of dihydropyridines is 1. The Morgan fingerprint density at radius 3 is 2.53 bits per heavy atom. The predicted molar refractivity (Wildman–Crippen MR) is 132 cm³/mol. The number of hydrogen-bond donors (Lipinski definition) is 1. The third kappa shape index (κ3) is 4.90. The third-order valence-electron chi connectivity index (χ3n) is 6.73. The minimum atomic E-state index is -0.824. The molecule has 0 spiro atoms. The van der Waals surface area contributed by atoms with E-state index in [4.69, 9.17) is 4.74 Å². The number of aliphatic hydroxyl groups excluding tert-OH is 1. The lowest BCUT2D eigenvalue weighted by molar-refractivity contribution is -0.0770. The van der Waals surface area contributed by atoms with Crippen LogP contribution < -0.4 is 0 Å². The molecular formula is C28H31N3O3. The summed E-state index contributed by atoms with van der Waals surface area (Å²) in [5, 5.41) is 19.2. The second kappa shape index (κ2) is 9.44. The van der Waals surface area contributed by atoms with Crippen LogP contribution >= 0.6 is 0 Å². The van der Waals surface area contributed by atoms with Crippen LogP contribution in [0.25, 0.3) is 5.57 Å². The van der Waals surface area contributed by atoms with Crippen molar-refractivity contribution in [3.63, 3.8) is 0 Å².